The molecule has 1 saturated heterocycles. The molecule has 1 aromatic heterocycles. The van der Waals surface area contributed by atoms with Crippen molar-refractivity contribution in [1.29, 1.82) is 0 Å². The number of likely N-dealkylation sites (tertiary alicyclic amines) is 1. The predicted octanol–water partition coefficient (Wildman–Crippen LogP) is 2.39. The molecule has 0 unspecified atom stereocenters. The highest BCUT2D eigenvalue weighted by Crippen LogP contribution is 2.21. The normalized spacial score (nSPS) is 18.7. The zero-order chi connectivity index (χ0) is 15.5. The summed E-state index contributed by atoms with van der Waals surface area (Å²) < 4.78 is 23.5. The summed E-state index contributed by atoms with van der Waals surface area (Å²) in [6.07, 6.45) is 3.48. The maximum absolute atomic E-state index is 12.7. The summed E-state index contributed by atoms with van der Waals surface area (Å²) >= 11 is 0. The van der Waals surface area contributed by atoms with E-state index in [4.69, 9.17) is 9.47 Å². The van der Waals surface area contributed by atoms with Crippen molar-refractivity contribution in [2.75, 3.05) is 13.2 Å². The van der Waals surface area contributed by atoms with Crippen molar-refractivity contribution in [2.45, 2.75) is 45.3 Å². The van der Waals surface area contributed by atoms with Crippen molar-refractivity contribution in [2.24, 2.45) is 0 Å². The van der Waals surface area contributed by atoms with Gasteiger partial charge in [0.05, 0.1) is 18.4 Å². The number of rotatable bonds is 3. The van der Waals surface area contributed by atoms with Crippen LogP contribution in [0.2, 0.25) is 0 Å². The quantitative estimate of drug-likeness (QED) is 0.857. The number of carbonyl (C=O) groups is 1. The first-order chi connectivity index (χ1) is 9.85. The SMILES string of the molecule is CC(C)(C)OC(=O)N1CCC[C@@H]1COc1ncc(F)cn1. The molecular weight excluding hydrogens is 277 g/mol. The molecule has 1 amide bonds. The van der Waals surface area contributed by atoms with Crippen LogP contribution in [0, 0.1) is 5.82 Å². The molecule has 2 rings (SSSR count). The molecular formula is C14H20FN3O3. The molecule has 0 N–H and O–H groups in total. The Balaban J connectivity index is 1.90. The Morgan fingerprint density at radius 3 is 2.71 bits per heavy atom. The van der Waals surface area contributed by atoms with Gasteiger partial charge in [0.2, 0.25) is 0 Å². The first-order valence-electron chi connectivity index (χ1n) is 6.95. The first-order valence-corrected chi connectivity index (χ1v) is 6.95. The molecule has 0 aromatic carbocycles. The molecule has 1 aromatic rings. The van der Waals surface area contributed by atoms with E-state index >= 15 is 0 Å². The minimum atomic E-state index is -0.523. The van der Waals surface area contributed by atoms with E-state index in [9.17, 15) is 9.18 Å². The van der Waals surface area contributed by atoms with E-state index in [1.807, 2.05) is 20.8 Å². The van der Waals surface area contributed by atoms with Crippen molar-refractivity contribution in [1.82, 2.24) is 14.9 Å². The topological polar surface area (TPSA) is 64.5 Å². The van der Waals surface area contributed by atoms with Crippen LogP contribution in [0.4, 0.5) is 9.18 Å². The molecule has 2 heterocycles. The Morgan fingerprint density at radius 2 is 2.10 bits per heavy atom. The van der Waals surface area contributed by atoms with Crippen LogP contribution >= 0.6 is 0 Å². The average Bonchev–Trinajstić information content (AvgIpc) is 2.84. The predicted molar refractivity (Wildman–Crippen MR) is 73.4 cm³/mol. The van der Waals surface area contributed by atoms with Crippen LogP contribution < -0.4 is 4.74 Å². The van der Waals surface area contributed by atoms with Gasteiger partial charge in [-0.15, -0.1) is 0 Å². The van der Waals surface area contributed by atoms with E-state index in [1.165, 1.54) is 0 Å². The molecule has 0 saturated carbocycles. The maximum Gasteiger partial charge on any atom is 0.410 e. The van der Waals surface area contributed by atoms with Crippen LogP contribution in [0.15, 0.2) is 12.4 Å². The Morgan fingerprint density at radius 1 is 1.43 bits per heavy atom. The lowest BCUT2D eigenvalue weighted by atomic mass is 10.2. The minimum Gasteiger partial charge on any atom is -0.461 e. The van der Waals surface area contributed by atoms with E-state index in [1.54, 1.807) is 4.90 Å². The van der Waals surface area contributed by atoms with Gasteiger partial charge in [-0.2, -0.15) is 0 Å². The summed E-state index contributed by atoms with van der Waals surface area (Å²) in [6.45, 7) is 6.41. The van der Waals surface area contributed by atoms with Gasteiger partial charge in [0.1, 0.15) is 12.2 Å². The van der Waals surface area contributed by atoms with Crippen LogP contribution in [0.3, 0.4) is 0 Å². The molecule has 7 heteroatoms. The van der Waals surface area contributed by atoms with Crippen LogP contribution in [0.25, 0.3) is 0 Å². The van der Waals surface area contributed by atoms with Gasteiger partial charge in [-0.25, -0.2) is 19.2 Å². The van der Waals surface area contributed by atoms with Crippen LogP contribution in [0.1, 0.15) is 33.6 Å². The average molecular weight is 297 g/mol. The third kappa shape index (κ3) is 4.54. The molecule has 1 aliphatic heterocycles. The number of aromatic nitrogens is 2. The molecule has 21 heavy (non-hydrogen) atoms. The molecule has 1 atom stereocenters. The highest BCUT2D eigenvalue weighted by Gasteiger charge is 2.32. The van der Waals surface area contributed by atoms with E-state index in [0.717, 1.165) is 25.2 Å². The highest BCUT2D eigenvalue weighted by atomic mass is 19.1. The first kappa shape index (κ1) is 15.5. The van der Waals surface area contributed by atoms with Gasteiger partial charge in [-0.1, -0.05) is 0 Å². The number of amides is 1. The van der Waals surface area contributed by atoms with E-state index < -0.39 is 11.4 Å². The van der Waals surface area contributed by atoms with Gasteiger partial charge in [-0.3, -0.25) is 0 Å². The summed E-state index contributed by atoms with van der Waals surface area (Å²) in [7, 11) is 0. The number of hydrogen-bond donors (Lipinski definition) is 0. The molecule has 0 aliphatic carbocycles. The van der Waals surface area contributed by atoms with Gasteiger partial charge in [-0.05, 0) is 33.6 Å². The molecule has 0 bridgehead atoms. The lowest BCUT2D eigenvalue weighted by Gasteiger charge is -2.28. The number of nitrogens with zero attached hydrogens (tertiary/aromatic N) is 3. The maximum atomic E-state index is 12.7. The van der Waals surface area contributed by atoms with Gasteiger partial charge in [0, 0.05) is 6.54 Å². The van der Waals surface area contributed by atoms with Crippen molar-refractivity contribution in [3.05, 3.63) is 18.2 Å². The van der Waals surface area contributed by atoms with Crippen molar-refractivity contribution in [3.63, 3.8) is 0 Å². The fourth-order valence-electron chi connectivity index (χ4n) is 2.12. The third-order valence-electron chi connectivity index (χ3n) is 3.01. The highest BCUT2D eigenvalue weighted by molar-refractivity contribution is 5.68. The number of halogens is 1. The largest absolute Gasteiger partial charge is 0.461 e. The van der Waals surface area contributed by atoms with Crippen molar-refractivity contribution >= 4 is 6.09 Å². The third-order valence-corrected chi connectivity index (χ3v) is 3.01. The van der Waals surface area contributed by atoms with Crippen LogP contribution in [-0.2, 0) is 4.74 Å². The second-order valence-electron chi connectivity index (χ2n) is 5.96. The number of ether oxygens (including phenoxy) is 2. The Bertz CT molecular complexity index is 487. The van der Waals surface area contributed by atoms with E-state index in [2.05, 4.69) is 9.97 Å². The summed E-state index contributed by atoms with van der Waals surface area (Å²) in [5, 5.41) is 0. The van der Waals surface area contributed by atoms with Gasteiger partial charge < -0.3 is 14.4 Å². The lowest BCUT2D eigenvalue weighted by molar-refractivity contribution is 0.0184. The van der Waals surface area contributed by atoms with Crippen LogP contribution in [-0.4, -0.2) is 45.8 Å². The summed E-state index contributed by atoms with van der Waals surface area (Å²) in [4.78, 5) is 21.2. The molecule has 1 fully saturated rings. The standard InChI is InChI=1S/C14H20FN3O3/c1-14(2,3)21-13(19)18-6-4-5-11(18)9-20-12-16-7-10(15)8-17-12/h7-8,11H,4-6,9H2,1-3H3/t11-/m1/s1. The molecule has 116 valence electrons. The Kier molecular flexibility index (Phi) is 4.59. The smallest absolute Gasteiger partial charge is 0.410 e. The van der Waals surface area contributed by atoms with Crippen molar-refractivity contribution in [3.8, 4) is 6.01 Å². The van der Waals surface area contributed by atoms with Crippen molar-refractivity contribution < 1.29 is 18.7 Å². The fourth-order valence-corrected chi connectivity index (χ4v) is 2.12. The zero-order valence-corrected chi connectivity index (χ0v) is 12.5. The molecule has 1 aliphatic rings. The number of carbonyl (C=O) groups excluding carboxylic acids is 1. The lowest BCUT2D eigenvalue weighted by Crippen LogP contribution is -2.42. The van der Waals surface area contributed by atoms with E-state index in [0.29, 0.717) is 6.54 Å². The van der Waals surface area contributed by atoms with Gasteiger partial charge in [0.15, 0.2) is 5.82 Å². The summed E-state index contributed by atoms with van der Waals surface area (Å²) in [5.41, 5.74) is -0.523. The molecule has 0 spiro atoms. The second kappa shape index (κ2) is 6.24. The monoisotopic (exact) mass is 297 g/mol. The van der Waals surface area contributed by atoms with E-state index in [-0.39, 0.29) is 24.8 Å². The minimum absolute atomic E-state index is 0.0755. The summed E-state index contributed by atoms with van der Waals surface area (Å²) in [5.74, 6) is -0.515. The Hall–Kier alpha value is -1.92. The molecule has 6 nitrogen and oxygen atoms in total. The second-order valence-corrected chi connectivity index (χ2v) is 5.96. The number of hydrogen-bond acceptors (Lipinski definition) is 5. The zero-order valence-electron chi connectivity index (χ0n) is 12.5. The fraction of sp³-hybridized carbons (Fsp3) is 0.643. The van der Waals surface area contributed by atoms with Crippen LogP contribution in [0.5, 0.6) is 6.01 Å². The van der Waals surface area contributed by atoms with Gasteiger partial charge >= 0.3 is 12.1 Å². The summed E-state index contributed by atoms with van der Waals surface area (Å²) in [6, 6.07) is 0.0286. The molecule has 0 radical (unpaired) electrons. The van der Waals surface area contributed by atoms with Gasteiger partial charge in [0.25, 0.3) is 0 Å². The Labute approximate surface area is 123 Å².